The molecule has 9 nitrogen and oxygen atoms in total. The number of amides is 3. The molecule has 0 saturated heterocycles. The summed E-state index contributed by atoms with van der Waals surface area (Å²) in [6, 6.07) is 11.3. The topological polar surface area (TPSA) is 131 Å². The molecule has 0 aliphatic carbocycles. The molecule has 0 aromatic heterocycles. The number of sulfonamides is 1. The number of benzene rings is 2. The van der Waals surface area contributed by atoms with Gasteiger partial charge in [-0.2, -0.15) is 0 Å². The molecular weight excluding hydrogens is 398 g/mol. The maximum atomic E-state index is 12.6. The molecule has 0 spiro atoms. The highest BCUT2D eigenvalue weighted by atomic mass is 32.2. The molecule has 3 N–H and O–H groups in total. The van der Waals surface area contributed by atoms with Crippen LogP contribution in [-0.4, -0.2) is 39.5 Å². The van der Waals surface area contributed by atoms with E-state index in [9.17, 15) is 22.8 Å². The fourth-order valence-electron chi connectivity index (χ4n) is 2.27. The number of esters is 1. The second-order valence-electron chi connectivity index (χ2n) is 6.12. The van der Waals surface area contributed by atoms with Crippen molar-refractivity contribution in [1.29, 1.82) is 0 Å². The average Bonchev–Trinajstić information content (AvgIpc) is 2.67. The van der Waals surface area contributed by atoms with Crippen molar-refractivity contribution in [2.24, 2.45) is 0 Å². The lowest BCUT2D eigenvalue weighted by Gasteiger charge is -2.13. The zero-order chi connectivity index (χ0) is 21.6. The van der Waals surface area contributed by atoms with Crippen molar-refractivity contribution < 1.29 is 27.5 Å². The van der Waals surface area contributed by atoms with E-state index in [4.69, 9.17) is 4.74 Å². The van der Waals surface area contributed by atoms with Crippen molar-refractivity contribution in [2.75, 3.05) is 11.8 Å². The Labute approximate surface area is 168 Å². The van der Waals surface area contributed by atoms with Gasteiger partial charge in [0.1, 0.15) is 0 Å². The van der Waals surface area contributed by atoms with Gasteiger partial charge in [0.25, 0.3) is 15.9 Å². The Morgan fingerprint density at radius 3 is 2.38 bits per heavy atom. The highest BCUT2D eigenvalue weighted by Gasteiger charge is 2.22. The average molecular weight is 419 g/mol. The summed E-state index contributed by atoms with van der Waals surface area (Å²) in [6.45, 7) is 3.12. The number of carbonyl (C=O) groups excluding carboxylic acids is 3. The maximum absolute atomic E-state index is 12.6. The fourth-order valence-corrected chi connectivity index (χ4v) is 3.37. The quantitative estimate of drug-likeness (QED) is 0.612. The minimum atomic E-state index is -3.94. The number of ether oxygens (including phenoxy) is 1. The molecule has 154 valence electrons. The summed E-state index contributed by atoms with van der Waals surface area (Å²) < 4.78 is 32.6. The normalized spacial score (nSPS) is 11.8. The largest absolute Gasteiger partial charge is 0.449 e. The molecular formula is C19H21N3O6S. The SMILES string of the molecule is CNC(=O)NC(=O)[C@H](C)OC(=O)c1cccc(S(=O)(=O)Nc2cccc(C)c2)c1. The van der Waals surface area contributed by atoms with Gasteiger partial charge >= 0.3 is 12.0 Å². The third-order valence-electron chi connectivity index (χ3n) is 3.77. The smallest absolute Gasteiger partial charge is 0.338 e. The summed E-state index contributed by atoms with van der Waals surface area (Å²) in [5.74, 6) is -1.72. The number of hydrogen-bond donors (Lipinski definition) is 3. The van der Waals surface area contributed by atoms with E-state index >= 15 is 0 Å². The third kappa shape index (κ3) is 6.04. The Kier molecular flexibility index (Phi) is 6.94. The van der Waals surface area contributed by atoms with Crippen LogP contribution in [0.15, 0.2) is 53.4 Å². The van der Waals surface area contributed by atoms with E-state index in [0.29, 0.717) is 5.69 Å². The van der Waals surface area contributed by atoms with Crippen molar-refractivity contribution >= 4 is 33.6 Å². The van der Waals surface area contributed by atoms with Crippen LogP contribution in [0.3, 0.4) is 0 Å². The molecule has 29 heavy (non-hydrogen) atoms. The number of imide groups is 1. The number of rotatable bonds is 6. The van der Waals surface area contributed by atoms with Crippen molar-refractivity contribution in [3.8, 4) is 0 Å². The van der Waals surface area contributed by atoms with Gasteiger partial charge in [-0.1, -0.05) is 18.2 Å². The fraction of sp³-hybridized carbons (Fsp3) is 0.211. The number of nitrogens with one attached hydrogen (secondary N) is 3. The van der Waals surface area contributed by atoms with Crippen molar-refractivity contribution in [3.05, 3.63) is 59.7 Å². The zero-order valence-corrected chi connectivity index (χ0v) is 16.9. The number of anilines is 1. The minimum absolute atomic E-state index is 0.0586. The van der Waals surface area contributed by atoms with E-state index in [1.54, 1.807) is 18.2 Å². The van der Waals surface area contributed by atoms with Gasteiger partial charge in [-0.3, -0.25) is 14.8 Å². The van der Waals surface area contributed by atoms with Crippen molar-refractivity contribution in [3.63, 3.8) is 0 Å². The summed E-state index contributed by atoms with van der Waals surface area (Å²) in [7, 11) is -2.61. The first-order valence-electron chi connectivity index (χ1n) is 8.55. The Morgan fingerprint density at radius 1 is 1.03 bits per heavy atom. The van der Waals surface area contributed by atoms with Gasteiger partial charge in [0.05, 0.1) is 10.5 Å². The van der Waals surface area contributed by atoms with E-state index in [1.165, 1.54) is 32.2 Å². The Balaban J connectivity index is 2.14. The molecule has 1 atom stereocenters. The Hall–Kier alpha value is -3.40. The summed E-state index contributed by atoms with van der Waals surface area (Å²) >= 11 is 0. The van der Waals surface area contributed by atoms with Crippen LogP contribution in [0.4, 0.5) is 10.5 Å². The highest BCUT2D eigenvalue weighted by molar-refractivity contribution is 7.92. The molecule has 0 aliphatic rings. The summed E-state index contributed by atoms with van der Waals surface area (Å²) in [5, 5.41) is 4.18. The minimum Gasteiger partial charge on any atom is -0.449 e. The number of carbonyl (C=O) groups is 3. The first-order valence-corrected chi connectivity index (χ1v) is 10.0. The highest BCUT2D eigenvalue weighted by Crippen LogP contribution is 2.18. The van der Waals surface area contributed by atoms with Crippen LogP contribution in [-0.2, 0) is 19.6 Å². The summed E-state index contributed by atoms with van der Waals surface area (Å²) in [4.78, 5) is 35.1. The van der Waals surface area contributed by atoms with E-state index in [2.05, 4.69) is 10.0 Å². The van der Waals surface area contributed by atoms with Gasteiger partial charge in [0, 0.05) is 12.7 Å². The number of aryl methyl sites for hydroxylation is 1. The number of hydrogen-bond acceptors (Lipinski definition) is 6. The molecule has 0 fully saturated rings. The molecule has 0 heterocycles. The number of urea groups is 1. The summed E-state index contributed by atoms with van der Waals surface area (Å²) in [6.07, 6.45) is -1.26. The van der Waals surface area contributed by atoms with Gasteiger partial charge in [0.15, 0.2) is 6.10 Å². The predicted molar refractivity (Wildman–Crippen MR) is 106 cm³/mol. The lowest BCUT2D eigenvalue weighted by atomic mass is 10.2. The second-order valence-corrected chi connectivity index (χ2v) is 7.80. The van der Waals surface area contributed by atoms with Gasteiger partial charge in [0.2, 0.25) is 0 Å². The lowest BCUT2D eigenvalue weighted by molar-refractivity contribution is -0.127. The maximum Gasteiger partial charge on any atom is 0.338 e. The first kappa shape index (κ1) is 21.9. The van der Waals surface area contributed by atoms with Crippen LogP contribution < -0.4 is 15.4 Å². The predicted octanol–water partition coefficient (Wildman–Crippen LogP) is 1.80. The standard InChI is InChI=1S/C19H21N3O6S/c1-12-6-4-8-15(10-12)22-29(26,27)16-9-5-7-14(11-16)18(24)28-13(2)17(23)21-19(25)20-3/h4-11,13,22H,1-3H3,(H2,20,21,23,25)/t13-/m0/s1. The molecule has 2 aromatic carbocycles. The molecule has 0 saturated carbocycles. The van der Waals surface area contributed by atoms with Crippen LogP contribution in [0, 0.1) is 6.92 Å². The van der Waals surface area contributed by atoms with Crippen molar-refractivity contribution in [1.82, 2.24) is 10.6 Å². The summed E-state index contributed by atoms with van der Waals surface area (Å²) in [5.41, 5.74) is 1.21. The van der Waals surface area contributed by atoms with Gasteiger partial charge < -0.3 is 10.1 Å². The molecule has 0 unspecified atom stereocenters. The monoisotopic (exact) mass is 419 g/mol. The molecule has 0 aliphatic heterocycles. The van der Waals surface area contributed by atoms with Crippen LogP contribution in [0.2, 0.25) is 0 Å². The molecule has 2 rings (SSSR count). The third-order valence-corrected chi connectivity index (χ3v) is 5.15. The van der Waals surface area contributed by atoms with Gasteiger partial charge in [-0.05, 0) is 49.7 Å². The second kappa shape index (κ2) is 9.20. The van der Waals surface area contributed by atoms with Crippen molar-refractivity contribution in [2.45, 2.75) is 24.8 Å². The first-order chi connectivity index (χ1) is 13.6. The van der Waals surface area contributed by atoms with E-state index < -0.39 is 34.0 Å². The molecule has 0 radical (unpaired) electrons. The Bertz CT molecular complexity index is 1040. The lowest BCUT2D eigenvalue weighted by Crippen LogP contribution is -2.43. The van der Waals surface area contributed by atoms with Crippen LogP contribution >= 0.6 is 0 Å². The molecule has 2 aromatic rings. The molecule has 0 bridgehead atoms. The van der Waals surface area contributed by atoms with Crippen LogP contribution in [0.1, 0.15) is 22.8 Å². The Morgan fingerprint density at radius 2 is 1.72 bits per heavy atom. The van der Waals surface area contributed by atoms with E-state index in [1.807, 2.05) is 18.3 Å². The molecule has 3 amide bonds. The van der Waals surface area contributed by atoms with Gasteiger partial charge in [-0.15, -0.1) is 0 Å². The van der Waals surface area contributed by atoms with E-state index in [-0.39, 0.29) is 10.5 Å². The van der Waals surface area contributed by atoms with E-state index in [0.717, 1.165) is 11.6 Å². The van der Waals surface area contributed by atoms with Crippen LogP contribution in [0.25, 0.3) is 0 Å². The van der Waals surface area contributed by atoms with Gasteiger partial charge in [-0.25, -0.2) is 18.0 Å². The molecule has 10 heteroatoms. The zero-order valence-electron chi connectivity index (χ0n) is 16.1. The van der Waals surface area contributed by atoms with Crippen LogP contribution in [0.5, 0.6) is 0 Å².